The molecule has 0 aliphatic rings. The number of ether oxygens (including phenoxy) is 1. The molecule has 0 aliphatic heterocycles. The molecule has 2 aromatic carbocycles. The van der Waals surface area contributed by atoms with Gasteiger partial charge in [0.2, 0.25) is 0 Å². The van der Waals surface area contributed by atoms with Gasteiger partial charge in [-0.1, -0.05) is 18.2 Å². The van der Waals surface area contributed by atoms with E-state index in [0.717, 1.165) is 0 Å². The van der Waals surface area contributed by atoms with E-state index >= 15 is 0 Å². The zero-order valence-corrected chi connectivity index (χ0v) is 13.0. The lowest BCUT2D eigenvalue weighted by atomic mass is 10.2. The summed E-state index contributed by atoms with van der Waals surface area (Å²) >= 11 is 0. The Balaban J connectivity index is 1.97. The normalized spacial score (nSPS) is 10.6. The summed E-state index contributed by atoms with van der Waals surface area (Å²) < 4.78 is 18.5. The fourth-order valence-corrected chi connectivity index (χ4v) is 1.93. The number of nitrogens with zero attached hydrogens (tertiary/aromatic N) is 1. The maximum absolute atomic E-state index is 13.5. The zero-order chi connectivity index (χ0) is 17.4. The number of methoxy groups -OCH3 is 1. The van der Waals surface area contributed by atoms with E-state index in [1.54, 1.807) is 49.6 Å². The maximum Gasteiger partial charge on any atom is 0.267 e. The first-order chi connectivity index (χ1) is 11.6. The molecule has 0 unspecified atom stereocenters. The molecule has 6 heteroatoms. The summed E-state index contributed by atoms with van der Waals surface area (Å²) in [5.74, 6) is -0.237. The number of halogens is 1. The Morgan fingerprint density at radius 3 is 2.58 bits per heavy atom. The molecule has 0 aliphatic carbocycles. The van der Waals surface area contributed by atoms with Crippen molar-refractivity contribution in [1.82, 2.24) is 5.32 Å². The molecule has 0 saturated heterocycles. The molecule has 1 amide bonds. The zero-order valence-electron chi connectivity index (χ0n) is 13.0. The number of hydrogen-bond acceptors (Lipinski definition) is 4. The highest BCUT2D eigenvalue weighted by atomic mass is 19.1. The van der Waals surface area contributed by atoms with Crippen molar-refractivity contribution in [2.75, 3.05) is 12.4 Å². The predicted molar refractivity (Wildman–Crippen MR) is 88.6 cm³/mol. The fourth-order valence-electron chi connectivity index (χ4n) is 1.93. The van der Waals surface area contributed by atoms with Crippen LogP contribution in [0.2, 0.25) is 0 Å². The highest BCUT2D eigenvalue weighted by molar-refractivity contribution is 6.06. The Morgan fingerprint density at radius 1 is 1.25 bits per heavy atom. The lowest BCUT2D eigenvalue weighted by Gasteiger charge is -2.06. The van der Waals surface area contributed by atoms with Gasteiger partial charge in [0.15, 0.2) is 0 Å². The van der Waals surface area contributed by atoms with E-state index < -0.39 is 5.91 Å². The first-order valence-corrected chi connectivity index (χ1v) is 7.16. The van der Waals surface area contributed by atoms with Gasteiger partial charge in [-0.2, -0.15) is 5.26 Å². The summed E-state index contributed by atoms with van der Waals surface area (Å²) in [5, 5.41) is 14.5. The highest BCUT2D eigenvalue weighted by Gasteiger charge is 2.09. The summed E-state index contributed by atoms with van der Waals surface area (Å²) in [5.41, 5.74) is 0.875. The van der Waals surface area contributed by atoms with Crippen LogP contribution in [-0.2, 0) is 11.3 Å². The first-order valence-electron chi connectivity index (χ1n) is 7.16. The van der Waals surface area contributed by atoms with E-state index in [2.05, 4.69) is 10.6 Å². The van der Waals surface area contributed by atoms with E-state index in [-0.39, 0.29) is 17.9 Å². The average Bonchev–Trinajstić information content (AvgIpc) is 2.60. The van der Waals surface area contributed by atoms with Gasteiger partial charge < -0.3 is 15.4 Å². The van der Waals surface area contributed by atoms with Crippen LogP contribution >= 0.6 is 0 Å². The van der Waals surface area contributed by atoms with E-state index in [9.17, 15) is 9.18 Å². The van der Waals surface area contributed by atoms with Crippen LogP contribution in [0, 0.1) is 17.1 Å². The molecule has 0 heterocycles. The van der Waals surface area contributed by atoms with E-state index in [0.29, 0.717) is 17.0 Å². The number of anilines is 1. The third kappa shape index (κ3) is 4.58. The van der Waals surface area contributed by atoms with Crippen molar-refractivity contribution in [3.05, 3.63) is 71.7 Å². The molecule has 5 nitrogen and oxygen atoms in total. The van der Waals surface area contributed by atoms with Gasteiger partial charge in [0.05, 0.1) is 7.11 Å². The number of amides is 1. The van der Waals surface area contributed by atoms with Gasteiger partial charge >= 0.3 is 0 Å². The lowest BCUT2D eigenvalue weighted by molar-refractivity contribution is -0.112. The van der Waals surface area contributed by atoms with Crippen LogP contribution in [0.15, 0.2) is 60.3 Å². The minimum atomic E-state index is -0.552. The van der Waals surface area contributed by atoms with Crippen LogP contribution in [-0.4, -0.2) is 13.0 Å². The summed E-state index contributed by atoms with van der Waals surface area (Å²) in [6.45, 7) is 0.174. The third-order valence-electron chi connectivity index (χ3n) is 3.21. The van der Waals surface area contributed by atoms with Crippen LogP contribution in [0.1, 0.15) is 5.56 Å². The SMILES string of the molecule is COc1ccc(NC(=O)/C(C#N)=C\NCc2ccccc2F)cc1. The minimum absolute atomic E-state index is 0.109. The third-order valence-corrected chi connectivity index (χ3v) is 3.21. The first kappa shape index (κ1) is 17.0. The largest absolute Gasteiger partial charge is 0.497 e. The van der Waals surface area contributed by atoms with Crippen LogP contribution in [0.3, 0.4) is 0 Å². The van der Waals surface area contributed by atoms with Crippen molar-refractivity contribution in [3.8, 4) is 11.8 Å². The van der Waals surface area contributed by atoms with Crippen molar-refractivity contribution >= 4 is 11.6 Å². The van der Waals surface area contributed by atoms with Gasteiger partial charge in [-0.05, 0) is 30.3 Å². The molecular formula is C18H16FN3O2. The number of carbonyl (C=O) groups is 1. The Morgan fingerprint density at radius 2 is 1.96 bits per heavy atom. The quantitative estimate of drug-likeness (QED) is 0.632. The van der Waals surface area contributed by atoms with Crippen LogP contribution in [0.4, 0.5) is 10.1 Å². The summed E-state index contributed by atoms with van der Waals surface area (Å²) in [4.78, 5) is 12.1. The van der Waals surface area contributed by atoms with Crippen LogP contribution in [0.25, 0.3) is 0 Å². The van der Waals surface area contributed by atoms with Gasteiger partial charge in [0, 0.05) is 24.0 Å². The molecule has 2 aromatic rings. The van der Waals surface area contributed by atoms with Crippen LogP contribution in [0.5, 0.6) is 5.75 Å². The van der Waals surface area contributed by atoms with Gasteiger partial charge in [-0.15, -0.1) is 0 Å². The Labute approximate surface area is 139 Å². The lowest BCUT2D eigenvalue weighted by Crippen LogP contribution is -2.16. The molecule has 0 bridgehead atoms. The smallest absolute Gasteiger partial charge is 0.267 e. The summed E-state index contributed by atoms with van der Waals surface area (Å²) in [7, 11) is 1.55. The van der Waals surface area contributed by atoms with E-state index in [1.807, 2.05) is 6.07 Å². The van der Waals surface area contributed by atoms with Gasteiger partial charge in [0.25, 0.3) is 5.91 Å². The maximum atomic E-state index is 13.5. The topological polar surface area (TPSA) is 74.1 Å². The molecule has 0 aromatic heterocycles. The second-order valence-electron chi connectivity index (χ2n) is 4.82. The molecule has 122 valence electrons. The van der Waals surface area contributed by atoms with E-state index in [4.69, 9.17) is 10.00 Å². The molecule has 0 saturated carbocycles. The van der Waals surface area contributed by atoms with Crippen molar-refractivity contribution in [2.45, 2.75) is 6.54 Å². The minimum Gasteiger partial charge on any atom is -0.497 e. The number of nitriles is 1. The van der Waals surface area contributed by atoms with Crippen molar-refractivity contribution in [1.29, 1.82) is 5.26 Å². The molecule has 0 fully saturated rings. The van der Waals surface area contributed by atoms with Crippen molar-refractivity contribution in [3.63, 3.8) is 0 Å². The molecule has 2 N–H and O–H groups in total. The Hall–Kier alpha value is -3.33. The molecule has 0 radical (unpaired) electrons. The number of benzene rings is 2. The highest BCUT2D eigenvalue weighted by Crippen LogP contribution is 2.15. The molecule has 0 spiro atoms. The second-order valence-corrected chi connectivity index (χ2v) is 4.82. The van der Waals surface area contributed by atoms with Crippen molar-refractivity contribution in [2.24, 2.45) is 0 Å². The second kappa shape index (κ2) is 8.34. The Kier molecular flexibility index (Phi) is 5.92. The van der Waals surface area contributed by atoms with Gasteiger partial charge in [-0.25, -0.2) is 4.39 Å². The summed E-state index contributed by atoms with van der Waals surface area (Å²) in [6.07, 6.45) is 1.27. The number of carbonyl (C=O) groups excluding carboxylic acids is 1. The van der Waals surface area contributed by atoms with Gasteiger partial charge in [-0.3, -0.25) is 4.79 Å². The standard InChI is InChI=1S/C18H16FN3O2/c1-24-16-8-6-15(7-9-16)22-18(23)14(10-20)12-21-11-13-4-2-3-5-17(13)19/h2-9,12,21H,11H2,1H3,(H,22,23)/b14-12-. The number of hydrogen-bond donors (Lipinski definition) is 2. The molecule has 2 rings (SSSR count). The van der Waals surface area contributed by atoms with Crippen molar-refractivity contribution < 1.29 is 13.9 Å². The van der Waals surface area contributed by atoms with E-state index in [1.165, 1.54) is 12.3 Å². The summed E-state index contributed by atoms with van der Waals surface area (Å²) in [6, 6.07) is 14.8. The average molecular weight is 325 g/mol. The number of nitrogens with one attached hydrogen (secondary N) is 2. The Bertz CT molecular complexity index is 780. The van der Waals surface area contributed by atoms with Gasteiger partial charge in [0.1, 0.15) is 23.2 Å². The molecule has 0 atom stereocenters. The fraction of sp³-hybridized carbons (Fsp3) is 0.111. The predicted octanol–water partition coefficient (Wildman–Crippen LogP) is 2.97. The molecular weight excluding hydrogens is 309 g/mol. The van der Waals surface area contributed by atoms with Crippen LogP contribution < -0.4 is 15.4 Å². The molecule has 24 heavy (non-hydrogen) atoms. The number of rotatable bonds is 6. The monoisotopic (exact) mass is 325 g/mol.